The topological polar surface area (TPSA) is 80.6 Å². The number of nitrogens with one attached hydrogen (secondary N) is 2. The highest BCUT2D eigenvalue weighted by Crippen LogP contribution is 2.21. The van der Waals surface area contributed by atoms with E-state index in [9.17, 15) is 9.59 Å². The molecule has 0 aliphatic heterocycles. The Balaban J connectivity index is 1.44. The maximum Gasteiger partial charge on any atom is 0.262 e. The molecule has 0 saturated heterocycles. The molecule has 2 N–H and O–H groups in total. The van der Waals surface area contributed by atoms with Crippen molar-refractivity contribution in [3.05, 3.63) is 80.3 Å². The van der Waals surface area contributed by atoms with Crippen LogP contribution in [-0.2, 0) is 29.3 Å². The molecular weight excluding hydrogens is 456 g/mol. The molecule has 3 aromatic rings. The number of thiophene rings is 1. The predicted octanol–water partition coefficient (Wildman–Crippen LogP) is 4.26. The molecule has 0 radical (unpaired) electrons. The van der Waals surface area contributed by atoms with Crippen molar-refractivity contribution in [2.24, 2.45) is 0 Å². The van der Waals surface area contributed by atoms with Crippen molar-refractivity contribution in [1.29, 1.82) is 0 Å². The summed E-state index contributed by atoms with van der Waals surface area (Å²) in [5.41, 5.74) is 1.96. The minimum Gasteiger partial charge on any atom is -0.467 e. The van der Waals surface area contributed by atoms with E-state index in [1.54, 1.807) is 25.3 Å². The lowest BCUT2D eigenvalue weighted by Crippen LogP contribution is -2.44. The van der Waals surface area contributed by atoms with Crippen molar-refractivity contribution >= 4 is 39.1 Å². The summed E-state index contributed by atoms with van der Waals surface area (Å²) in [6, 6.07) is 14.4. The van der Waals surface area contributed by atoms with Gasteiger partial charge in [0.1, 0.15) is 18.4 Å². The number of hydrogen-bond acceptors (Lipinski definition) is 5. The zero-order valence-corrected chi connectivity index (χ0v) is 18.2. The highest BCUT2D eigenvalue weighted by molar-refractivity contribution is 9.11. The second-order valence-corrected chi connectivity index (χ2v) is 8.87. The Morgan fingerprint density at radius 1 is 1.14 bits per heavy atom. The molecule has 0 spiro atoms. The van der Waals surface area contributed by atoms with Crippen molar-refractivity contribution in [1.82, 2.24) is 10.6 Å². The van der Waals surface area contributed by atoms with Crippen molar-refractivity contribution in [3.8, 4) is 0 Å². The molecule has 6 nitrogen and oxygen atoms in total. The molecule has 29 heavy (non-hydrogen) atoms. The summed E-state index contributed by atoms with van der Waals surface area (Å²) in [6.07, 6.45) is 1.62. The first-order chi connectivity index (χ1) is 14.0. The molecule has 2 aromatic heterocycles. The minimum atomic E-state index is -0.636. The van der Waals surface area contributed by atoms with E-state index in [2.05, 4.69) is 26.6 Å². The van der Waals surface area contributed by atoms with E-state index in [-0.39, 0.29) is 11.8 Å². The molecule has 152 valence electrons. The van der Waals surface area contributed by atoms with Gasteiger partial charge >= 0.3 is 0 Å². The maximum atomic E-state index is 12.3. The van der Waals surface area contributed by atoms with Gasteiger partial charge in [0.25, 0.3) is 5.91 Å². The summed E-state index contributed by atoms with van der Waals surface area (Å²) in [4.78, 5) is 25.0. The Morgan fingerprint density at radius 3 is 2.69 bits per heavy atom. The van der Waals surface area contributed by atoms with Crippen LogP contribution in [0, 0.1) is 0 Å². The normalized spacial score (nSPS) is 11.8. The van der Waals surface area contributed by atoms with Crippen LogP contribution in [0.5, 0.6) is 0 Å². The van der Waals surface area contributed by atoms with Crippen molar-refractivity contribution in [2.45, 2.75) is 32.7 Å². The molecule has 0 bridgehead atoms. The molecule has 0 saturated carbocycles. The molecule has 8 heteroatoms. The molecule has 0 aliphatic rings. The third-order valence-corrected chi connectivity index (χ3v) is 5.71. The molecule has 0 aliphatic carbocycles. The van der Waals surface area contributed by atoms with Crippen LogP contribution < -0.4 is 10.6 Å². The number of carbonyl (C=O) groups is 2. The number of halogens is 1. The van der Waals surface area contributed by atoms with E-state index in [1.807, 2.05) is 36.4 Å². The number of carbonyl (C=O) groups excluding carboxylic acids is 2. The fourth-order valence-corrected chi connectivity index (χ4v) is 3.89. The summed E-state index contributed by atoms with van der Waals surface area (Å²) >= 11 is 4.65. The van der Waals surface area contributed by atoms with Crippen LogP contribution in [0.4, 0.5) is 0 Å². The monoisotopic (exact) mass is 476 g/mol. The Bertz CT molecular complexity index is 955. The number of hydrogen-bond donors (Lipinski definition) is 2. The highest BCUT2D eigenvalue weighted by atomic mass is 79.9. The van der Waals surface area contributed by atoms with Crippen LogP contribution in [0.1, 0.15) is 33.5 Å². The van der Waals surface area contributed by atoms with E-state index in [4.69, 9.17) is 9.15 Å². The first-order valence-electron chi connectivity index (χ1n) is 9.03. The lowest BCUT2D eigenvalue weighted by molar-refractivity contribution is -0.122. The van der Waals surface area contributed by atoms with Crippen molar-refractivity contribution < 1.29 is 18.7 Å². The van der Waals surface area contributed by atoms with Gasteiger partial charge in [0.05, 0.1) is 21.5 Å². The third kappa shape index (κ3) is 6.56. The van der Waals surface area contributed by atoms with Gasteiger partial charge in [-0.1, -0.05) is 24.3 Å². The average molecular weight is 477 g/mol. The third-order valence-electron chi connectivity index (χ3n) is 4.09. The predicted molar refractivity (Wildman–Crippen MR) is 114 cm³/mol. The largest absolute Gasteiger partial charge is 0.467 e. The van der Waals surface area contributed by atoms with E-state index in [0.717, 1.165) is 20.7 Å². The quantitative estimate of drug-likeness (QED) is 0.483. The van der Waals surface area contributed by atoms with E-state index >= 15 is 0 Å². The molecule has 0 fully saturated rings. The second kappa shape index (κ2) is 10.4. The van der Waals surface area contributed by atoms with E-state index < -0.39 is 6.04 Å². The number of amides is 2. The van der Waals surface area contributed by atoms with Crippen molar-refractivity contribution in [2.75, 3.05) is 0 Å². The highest BCUT2D eigenvalue weighted by Gasteiger charge is 2.17. The van der Waals surface area contributed by atoms with Gasteiger partial charge in [0.15, 0.2) is 0 Å². The molecule has 1 aromatic carbocycles. The summed E-state index contributed by atoms with van der Waals surface area (Å²) in [7, 11) is 0. The number of ether oxygens (including phenoxy) is 1. The Kier molecular flexibility index (Phi) is 7.62. The van der Waals surface area contributed by atoms with Gasteiger partial charge in [-0.2, -0.15) is 0 Å². The van der Waals surface area contributed by atoms with Gasteiger partial charge < -0.3 is 19.8 Å². The number of furan rings is 1. The fraction of sp³-hybridized carbons (Fsp3) is 0.238. The molecule has 1 unspecified atom stereocenters. The van der Waals surface area contributed by atoms with Gasteiger partial charge in [-0.3, -0.25) is 9.59 Å². The molecule has 2 amide bonds. The molecule has 1 atom stereocenters. The minimum absolute atomic E-state index is 0.242. The molecule has 2 heterocycles. The van der Waals surface area contributed by atoms with Gasteiger partial charge in [0.2, 0.25) is 5.91 Å². The molecule has 3 rings (SSSR count). The van der Waals surface area contributed by atoms with Crippen LogP contribution >= 0.6 is 27.3 Å². The Labute approximate surface area is 181 Å². The van der Waals surface area contributed by atoms with E-state index in [0.29, 0.717) is 24.6 Å². The van der Waals surface area contributed by atoms with Crippen LogP contribution in [0.15, 0.2) is 63.0 Å². The fourth-order valence-electron chi connectivity index (χ4n) is 2.61. The first-order valence-corrected chi connectivity index (χ1v) is 10.6. The standard InChI is InChI=1S/C21H21BrN2O4S/c1-14(24-21(26)18-7-8-19(22)29-18)20(25)23-11-15-4-2-5-16(10-15)12-27-13-17-6-3-9-28-17/h2-10,14H,11-13H2,1H3,(H,23,25)(H,24,26). The zero-order valence-electron chi connectivity index (χ0n) is 15.8. The van der Waals surface area contributed by atoms with Crippen molar-refractivity contribution in [3.63, 3.8) is 0 Å². The average Bonchev–Trinajstić information content (AvgIpc) is 3.38. The van der Waals surface area contributed by atoms with Crippen LogP contribution in [-0.4, -0.2) is 17.9 Å². The van der Waals surface area contributed by atoms with Gasteiger partial charge in [-0.05, 0) is 58.2 Å². The Hall–Kier alpha value is -2.42. The SMILES string of the molecule is CC(NC(=O)c1ccc(Br)s1)C(=O)NCc1cccc(COCc2ccco2)c1. The van der Waals surface area contributed by atoms with Crippen LogP contribution in [0.3, 0.4) is 0 Å². The summed E-state index contributed by atoms with van der Waals surface area (Å²) < 4.78 is 11.7. The van der Waals surface area contributed by atoms with Crippen LogP contribution in [0.2, 0.25) is 0 Å². The molecular formula is C21H21BrN2O4S. The maximum absolute atomic E-state index is 12.3. The zero-order chi connectivity index (χ0) is 20.6. The lowest BCUT2D eigenvalue weighted by atomic mass is 10.1. The summed E-state index contributed by atoms with van der Waals surface area (Å²) in [6.45, 7) is 2.89. The smallest absolute Gasteiger partial charge is 0.262 e. The second-order valence-electron chi connectivity index (χ2n) is 6.41. The van der Waals surface area contributed by atoms with Crippen LogP contribution in [0.25, 0.3) is 0 Å². The number of rotatable bonds is 9. The summed E-state index contributed by atoms with van der Waals surface area (Å²) in [5, 5.41) is 5.56. The van der Waals surface area contributed by atoms with Gasteiger partial charge in [-0.15, -0.1) is 11.3 Å². The number of benzene rings is 1. The Morgan fingerprint density at radius 2 is 1.97 bits per heavy atom. The lowest BCUT2D eigenvalue weighted by Gasteiger charge is -2.14. The first kappa shape index (κ1) is 21.3. The van der Waals surface area contributed by atoms with Gasteiger partial charge in [0, 0.05) is 6.54 Å². The van der Waals surface area contributed by atoms with Gasteiger partial charge in [-0.25, -0.2) is 0 Å². The summed E-state index contributed by atoms with van der Waals surface area (Å²) in [5.74, 6) is 0.270. The van der Waals surface area contributed by atoms with E-state index in [1.165, 1.54) is 11.3 Å².